The van der Waals surface area contributed by atoms with Crippen molar-refractivity contribution in [3.05, 3.63) is 35.7 Å². The zero-order valence-electron chi connectivity index (χ0n) is 14.3. The zero-order chi connectivity index (χ0) is 17.9. The summed E-state index contributed by atoms with van der Waals surface area (Å²) in [5.41, 5.74) is 2.30. The average Bonchev–Trinajstić information content (AvgIpc) is 3.37. The van der Waals surface area contributed by atoms with E-state index in [-0.39, 0.29) is 18.6 Å². The molecule has 2 aliphatic heterocycles. The maximum Gasteiger partial charge on any atom is 0.237 e. The molecule has 0 aliphatic carbocycles. The standard InChI is InChI=1S/C18H20ClN3O4/c19-9-18(23)21(11-13-10-20-22-5-1-2-15(13)22)6-7-24-14-3-4-16-17(8-14)26-12-25-16/h3-4,8,10H,1-2,5-7,9,11-12H2. The van der Waals surface area contributed by atoms with Crippen molar-refractivity contribution in [2.75, 3.05) is 25.8 Å². The fourth-order valence-electron chi connectivity index (χ4n) is 3.28. The first-order valence-electron chi connectivity index (χ1n) is 8.64. The monoisotopic (exact) mass is 377 g/mol. The Kier molecular flexibility index (Phi) is 4.88. The number of amides is 1. The van der Waals surface area contributed by atoms with Crippen molar-refractivity contribution >= 4 is 17.5 Å². The molecule has 0 radical (unpaired) electrons. The second-order valence-electron chi connectivity index (χ2n) is 6.26. The maximum atomic E-state index is 12.2. The van der Waals surface area contributed by atoms with Crippen LogP contribution >= 0.6 is 11.6 Å². The smallest absolute Gasteiger partial charge is 0.237 e. The number of fused-ring (bicyclic) bond motifs is 2. The molecule has 1 aromatic heterocycles. The van der Waals surface area contributed by atoms with Crippen molar-refractivity contribution < 1.29 is 19.0 Å². The minimum Gasteiger partial charge on any atom is -0.492 e. The summed E-state index contributed by atoms with van der Waals surface area (Å²) < 4.78 is 18.4. The van der Waals surface area contributed by atoms with Gasteiger partial charge in [-0.15, -0.1) is 11.6 Å². The lowest BCUT2D eigenvalue weighted by molar-refractivity contribution is -0.129. The highest BCUT2D eigenvalue weighted by molar-refractivity contribution is 6.27. The molecular weight excluding hydrogens is 358 g/mol. The predicted octanol–water partition coefficient (Wildman–Crippen LogP) is 2.20. The summed E-state index contributed by atoms with van der Waals surface area (Å²) in [5, 5.41) is 4.38. The number of nitrogens with zero attached hydrogens (tertiary/aromatic N) is 3. The summed E-state index contributed by atoms with van der Waals surface area (Å²) in [4.78, 5) is 13.9. The summed E-state index contributed by atoms with van der Waals surface area (Å²) in [5.74, 6) is 1.91. The Hall–Kier alpha value is -2.41. The van der Waals surface area contributed by atoms with Crippen LogP contribution in [0.2, 0.25) is 0 Å². The van der Waals surface area contributed by atoms with Crippen LogP contribution in [-0.4, -0.2) is 46.4 Å². The van der Waals surface area contributed by atoms with E-state index >= 15 is 0 Å². The molecule has 1 aromatic carbocycles. The van der Waals surface area contributed by atoms with Crippen molar-refractivity contribution in [2.45, 2.75) is 25.9 Å². The minimum absolute atomic E-state index is 0.0481. The molecule has 7 nitrogen and oxygen atoms in total. The number of aromatic nitrogens is 2. The third kappa shape index (κ3) is 3.44. The summed E-state index contributed by atoms with van der Waals surface area (Å²) in [7, 11) is 0. The average molecular weight is 378 g/mol. The number of halogens is 1. The van der Waals surface area contributed by atoms with E-state index in [0.717, 1.165) is 24.9 Å². The van der Waals surface area contributed by atoms with Crippen LogP contribution in [0.3, 0.4) is 0 Å². The number of carbonyl (C=O) groups excluding carboxylic acids is 1. The van der Waals surface area contributed by atoms with Crippen molar-refractivity contribution in [1.29, 1.82) is 0 Å². The van der Waals surface area contributed by atoms with Gasteiger partial charge >= 0.3 is 0 Å². The van der Waals surface area contributed by atoms with Crippen LogP contribution in [0.1, 0.15) is 17.7 Å². The number of hydrogen-bond donors (Lipinski definition) is 0. The first-order chi connectivity index (χ1) is 12.7. The van der Waals surface area contributed by atoms with E-state index in [9.17, 15) is 4.79 Å². The molecule has 3 heterocycles. The number of ether oxygens (including phenoxy) is 3. The molecule has 0 fully saturated rings. The molecule has 2 aliphatic rings. The lowest BCUT2D eigenvalue weighted by Gasteiger charge is -2.22. The van der Waals surface area contributed by atoms with Gasteiger partial charge in [-0.1, -0.05) is 0 Å². The Balaban J connectivity index is 1.37. The maximum absolute atomic E-state index is 12.2. The van der Waals surface area contributed by atoms with Gasteiger partial charge in [0.15, 0.2) is 11.5 Å². The summed E-state index contributed by atoms with van der Waals surface area (Å²) in [6.07, 6.45) is 3.96. The quantitative estimate of drug-likeness (QED) is 0.692. The molecule has 0 atom stereocenters. The summed E-state index contributed by atoms with van der Waals surface area (Å²) >= 11 is 5.78. The third-order valence-corrected chi connectivity index (χ3v) is 4.85. The lowest BCUT2D eigenvalue weighted by atomic mass is 10.2. The van der Waals surface area contributed by atoms with Gasteiger partial charge in [0.2, 0.25) is 12.7 Å². The van der Waals surface area contributed by atoms with Crippen LogP contribution in [0.25, 0.3) is 0 Å². The fourth-order valence-corrected chi connectivity index (χ4v) is 3.45. The highest BCUT2D eigenvalue weighted by atomic mass is 35.5. The molecule has 26 heavy (non-hydrogen) atoms. The van der Waals surface area contributed by atoms with Crippen LogP contribution in [-0.2, 0) is 24.3 Å². The summed E-state index contributed by atoms with van der Waals surface area (Å²) in [6.45, 7) is 2.50. The summed E-state index contributed by atoms with van der Waals surface area (Å²) in [6, 6.07) is 5.43. The van der Waals surface area contributed by atoms with Crippen LogP contribution in [0, 0.1) is 0 Å². The third-order valence-electron chi connectivity index (χ3n) is 4.62. The fraction of sp³-hybridized carbons (Fsp3) is 0.444. The number of benzene rings is 1. The molecule has 0 N–H and O–H groups in total. The van der Waals surface area contributed by atoms with Crippen molar-refractivity contribution in [3.63, 3.8) is 0 Å². The first kappa shape index (κ1) is 17.0. The molecule has 2 aromatic rings. The Labute approximate surface area is 156 Å². The van der Waals surface area contributed by atoms with Gasteiger partial charge in [-0.05, 0) is 25.0 Å². The van der Waals surface area contributed by atoms with Gasteiger partial charge in [0.25, 0.3) is 0 Å². The Morgan fingerprint density at radius 2 is 2.23 bits per heavy atom. The number of carbonyl (C=O) groups is 1. The van der Waals surface area contributed by atoms with E-state index in [1.807, 2.05) is 23.0 Å². The van der Waals surface area contributed by atoms with Gasteiger partial charge in [0.05, 0.1) is 12.7 Å². The molecule has 0 unspecified atom stereocenters. The van der Waals surface area contributed by atoms with E-state index in [0.29, 0.717) is 36.9 Å². The molecule has 4 rings (SSSR count). The number of hydrogen-bond acceptors (Lipinski definition) is 5. The molecule has 1 amide bonds. The van der Waals surface area contributed by atoms with Crippen molar-refractivity contribution in [1.82, 2.24) is 14.7 Å². The Morgan fingerprint density at radius 1 is 1.35 bits per heavy atom. The molecule has 0 spiro atoms. The van der Waals surface area contributed by atoms with E-state index < -0.39 is 0 Å². The zero-order valence-corrected chi connectivity index (χ0v) is 15.1. The van der Waals surface area contributed by atoms with Crippen LogP contribution in [0.15, 0.2) is 24.4 Å². The van der Waals surface area contributed by atoms with Crippen LogP contribution in [0.5, 0.6) is 17.2 Å². The number of alkyl halides is 1. The molecule has 8 heteroatoms. The van der Waals surface area contributed by atoms with E-state index in [2.05, 4.69) is 5.10 Å². The van der Waals surface area contributed by atoms with Gasteiger partial charge < -0.3 is 19.1 Å². The van der Waals surface area contributed by atoms with E-state index in [1.165, 1.54) is 5.69 Å². The second-order valence-corrected chi connectivity index (χ2v) is 6.52. The highest BCUT2D eigenvalue weighted by Crippen LogP contribution is 2.35. The number of rotatable bonds is 7. The van der Waals surface area contributed by atoms with Crippen LogP contribution < -0.4 is 14.2 Å². The first-order valence-corrected chi connectivity index (χ1v) is 9.18. The lowest BCUT2D eigenvalue weighted by Crippen LogP contribution is -2.35. The molecule has 0 bridgehead atoms. The number of aryl methyl sites for hydroxylation is 1. The molecule has 0 saturated heterocycles. The highest BCUT2D eigenvalue weighted by Gasteiger charge is 2.21. The largest absolute Gasteiger partial charge is 0.492 e. The molecule has 0 saturated carbocycles. The van der Waals surface area contributed by atoms with E-state index in [1.54, 1.807) is 11.0 Å². The van der Waals surface area contributed by atoms with E-state index in [4.69, 9.17) is 25.8 Å². The molecular formula is C18H20ClN3O4. The predicted molar refractivity (Wildman–Crippen MR) is 94.7 cm³/mol. The normalized spacial score (nSPS) is 14.3. The van der Waals surface area contributed by atoms with Gasteiger partial charge in [0, 0.05) is 30.4 Å². The van der Waals surface area contributed by atoms with Gasteiger partial charge in [0.1, 0.15) is 18.2 Å². The SMILES string of the molecule is O=C(CCl)N(CCOc1ccc2c(c1)OCO2)Cc1cnn2c1CCC2. The topological polar surface area (TPSA) is 65.8 Å². The van der Waals surface area contributed by atoms with Gasteiger partial charge in [-0.25, -0.2) is 0 Å². The van der Waals surface area contributed by atoms with Crippen molar-refractivity contribution in [3.8, 4) is 17.2 Å². The molecule has 138 valence electrons. The van der Waals surface area contributed by atoms with Gasteiger partial charge in [-0.3, -0.25) is 9.48 Å². The van der Waals surface area contributed by atoms with Gasteiger partial charge in [-0.2, -0.15) is 5.10 Å². The second kappa shape index (κ2) is 7.45. The Bertz CT molecular complexity index is 808. The minimum atomic E-state index is -0.112. The van der Waals surface area contributed by atoms with Crippen molar-refractivity contribution in [2.24, 2.45) is 0 Å². The Morgan fingerprint density at radius 3 is 3.12 bits per heavy atom. The van der Waals surface area contributed by atoms with Crippen LogP contribution in [0.4, 0.5) is 0 Å².